The van der Waals surface area contributed by atoms with Crippen molar-refractivity contribution in [3.8, 4) is 11.1 Å². The quantitative estimate of drug-likeness (QED) is 0.832. The average Bonchev–Trinajstić information content (AvgIpc) is 2.67. The van der Waals surface area contributed by atoms with Crippen LogP contribution in [0.5, 0.6) is 0 Å². The highest BCUT2D eigenvalue weighted by Gasteiger charge is 2.24. The molecule has 3 rings (SSSR count). The van der Waals surface area contributed by atoms with Gasteiger partial charge in [-0.15, -0.1) is 0 Å². The summed E-state index contributed by atoms with van der Waals surface area (Å²) in [6.07, 6.45) is 11.1. The Balaban J connectivity index is 1.98. The highest BCUT2D eigenvalue weighted by molar-refractivity contribution is 5.74. The third-order valence-electron chi connectivity index (χ3n) is 3.94. The van der Waals surface area contributed by atoms with E-state index >= 15 is 0 Å². The number of nitrogen functional groups attached to an aromatic ring is 1. The van der Waals surface area contributed by atoms with Crippen LogP contribution in [-0.2, 0) is 0 Å². The molecule has 0 saturated heterocycles. The molecular weight excluding hydrogens is 238 g/mol. The van der Waals surface area contributed by atoms with Crippen LogP contribution in [0.2, 0.25) is 0 Å². The number of nitrogens with zero attached hydrogens (tertiary/aromatic N) is 2. The lowest BCUT2D eigenvalue weighted by molar-refractivity contribution is 0.413. The maximum atomic E-state index is 5.96. The van der Waals surface area contributed by atoms with Gasteiger partial charge in [-0.25, -0.2) is 0 Å². The molecule has 1 fully saturated rings. The molecule has 0 bridgehead atoms. The van der Waals surface area contributed by atoms with Crippen LogP contribution >= 0.6 is 0 Å². The Morgan fingerprint density at radius 3 is 2.63 bits per heavy atom. The number of hydrogen-bond donors (Lipinski definition) is 1. The fourth-order valence-electron chi connectivity index (χ4n) is 2.95. The van der Waals surface area contributed by atoms with E-state index in [1.54, 1.807) is 6.20 Å². The summed E-state index contributed by atoms with van der Waals surface area (Å²) >= 11 is 0. The lowest BCUT2D eigenvalue weighted by atomic mass is 9.92. The lowest BCUT2D eigenvalue weighted by Crippen LogP contribution is -2.00. The van der Waals surface area contributed by atoms with Crippen LogP contribution in [0.4, 0.5) is 5.88 Å². The first-order valence-corrected chi connectivity index (χ1v) is 7.01. The van der Waals surface area contributed by atoms with Crippen molar-refractivity contribution in [3.63, 3.8) is 0 Å². The van der Waals surface area contributed by atoms with E-state index in [1.165, 1.54) is 38.5 Å². The minimum atomic E-state index is 0.409. The summed E-state index contributed by atoms with van der Waals surface area (Å²) in [4.78, 5) is 4.16. The largest absolute Gasteiger partial charge is 0.367 e. The highest BCUT2D eigenvalue weighted by atomic mass is 16.5. The van der Waals surface area contributed by atoms with Crippen LogP contribution in [0.1, 0.15) is 50.1 Å². The van der Waals surface area contributed by atoms with E-state index in [1.807, 2.05) is 18.3 Å². The normalized spacial score (nSPS) is 17.3. The second-order valence-electron chi connectivity index (χ2n) is 5.24. The zero-order valence-corrected chi connectivity index (χ0v) is 11.0. The van der Waals surface area contributed by atoms with Gasteiger partial charge in [0.1, 0.15) is 0 Å². The smallest absolute Gasteiger partial charge is 0.230 e. The number of aromatic nitrogens is 2. The van der Waals surface area contributed by atoms with Gasteiger partial charge in [0.25, 0.3) is 0 Å². The number of pyridine rings is 1. The van der Waals surface area contributed by atoms with Crippen molar-refractivity contribution in [1.29, 1.82) is 0 Å². The molecule has 2 aromatic heterocycles. The monoisotopic (exact) mass is 257 g/mol. The van der Waals surface area contributed by atoms with Crippen LogP contribution in [0.15, 0.2) is 29.0 Å². The summed E-state index contributed by atoms with van der Waals surface area (Å²) in [6, 6.07) is 3.93. The maximum absolute atomic E-state index is 5.96. The third-order valence-corrected chi connectivity index (χ3v) is 3.94. The molecule has 1 saturated carbocycles. The molecule has 1 aliphatic rings. The molecule has 4 nitrogen and oxygen atoms in total. The Kier molecular flexibility index (Phi) is 3.49. The van der Waals surface area contributed by atoms with Crippen LogP contribution in [0, 0.1) is 0 Å². The molecule has 0 unspecified atom stereocenters. The van der Waals surface area contributed by atoms with Gasteiger partial charge in [0.15, 0.2) is 0 Å². The molecule has 1 aliphatic carbocycles. The van der Waals surface area contributed by atoms with Gasteiger partial charge in [0, 0.05) is 23.9 Å². The first-order chi connectivity index (χ1) is 9.36. The molecule has 19 heavy (non-hydrogen) atoms. The Morgan fingerprint density at radius 1 is 1.16 bits per heavy atom. The van der Waals surface area contributed by atoms with Crippen LogP contribution in [0.3, 0.4) is 0 Å². The van der Waals surface area contributed by atoms with E-state index in [-0.39, 0.29) is 0 Å². The van der Waals surface area contributed by atoms with Crippen molar-refractivity contribution in [2.24, 2.45) is 0 Å². The minimum absolute atomic E-state index is 0.409. The Morgan fingerprint density at radius 2 is 1.95 bits per heavy atom. The SMILES string of the molecule is Nc1onc(C2CCCCCC2)c1-c1cccnc1. The number of nitrogens with two attached hydrogens (primary N) is 1. The minimum Gasteiger partial charge on any atom is -0.367 e. The predicted octanol–water partition coefficient (Wildman–Crippen LogP) is 3.76. The molecule has 0 atom stereocenters. The molecule has 0 aromatic carbocycles. The van der Waals surface area contributed by atoms with Crippen LogP contribution < -0.4 is 5.73 Å². The summed E-state index contributed by atoms with van der Waals surface area (Å²) in [5.74, 6) is 0.881. The molecule has 100 valence electrons. The summed E-state index contributed by atoms with van der Waals surface area (Å²) in [5, 5.41) is 4.23. The van der Waals surface area contributed by atoms with Gasteiger partial charge in [0.2, 0.25) is 5.88 Å². The second-order valence-corrected chi connectivity index (χ2v) is 5.24. The van der Waals surface area contributed by atoms with Gasteiger partial charge in [0.05, 0.1) is 11.3 Å². The van der Waals surface area contributed by atoms with Gasteiger partial charge >= 0.3 is 0 Å². The zero-order valence-electron chi connectivity index (χ0n) is 11.0. The molecule has 0 radical (unpaired) electrons. The molecule has 2 N–H and O–H groups in total. The van der Waals surface area contributed by atoms with Crippen molar-refractivity contribution in [2.75, 3.05) is 5.73 Å². The second kappa shape index (κ2) is 5.43. The van der Waals surface area contributed by atoms with Crippen molar-refractivity contribution in [1.82, 2.24) is 10.1 Å². The third kappa shape index (κ3) is 2.48. The van der Waals surface area contributed by atoms with E-state index < -0.39 is 0 Å². The van der Waals surface area contributed by atoms with Gasteiger partial charge in [-0.2, -0.15) is 0 Å². The molecule has 0 spiro atoms. The molecule has 0 amide bonds. The summed E-state index contributed by atoms with van der Waals surface area (Å²) in [7, 11) is 0. The molecule has 2 aromatic rings. The van der Waals surface area contributed by atoms with Gasteiger partial charge in [-0.3, -0.25) is 4.98 Å². The first kappa shape index (κ1) is 12.2. The van der Waals surface area contributed by atoms with Crippen molar-refractivity contribution >= 4 is 5.88 Å². The first-order valence-electron chi connectivity index (χ1n) is 7.01. The van der Waals surface area contributed by atoms with Gasteiger partial charge in [-0.05, 0) is 18.9 Å². The Bertz CT molecular complexity index is 528. The standard InChI is InChI=1S/C15H19N3O/c16-15-13(12-8-5-9-17-10-12)14(18-19-15)11-6-3-1-2-4-7-11/h5,8-11H,1-4,6-7,16H2. The zero-order chi connectivity index (χ0) is 13.1. The Hall–Kier alpha value is -1.84. The fourth-order valence-corrected chi connectivity index (χ4v) is 2.95. The van der Waals surface area contributed by atoms with E-state index in [2.05, 4.69) is 10.1 Å². The van der Waals surface area contributed by atoms with Crippen molar-refractivity contribution in [2.45, 2.75) is 44.4 Å². The number of anilines is 1. The molecule has 2 heterocycles. The van der Waals surface area contributed by atoms with Gasteiger partial charge in [-0.1, -0.05) is 36.9 Å². The van der Waals surface area contributed by atoms with E-state index in [9.17, 15) is 0 Å². The van der Waals surface area contributed by atoms with E-state index in [4.69, 9.17) is 10.3 Å². The fraction of sp³-hybridized carbons (Fsp3) is 0.467. The van der Waals surface area contributed by atoms with Crippen LogP contribution in [-0.4, -0.2) is 10.1 Å². The summed E-state index contributed by atoms with van der Waals surface area (Å²) in [5.41, 5.74) is 8.93. The van der Waals surface area contributed by atoms with E-state index in [0.717, 1.165) is 16.8 Å². The van der Waals surface area contributed by atoms with Crippen LogP contribution in [0.25, 0.3) is 11.1 Å². The van der Waals surface area contributed by atoms with E-state index in [0.29, 0.717) is 11.8 Å². The maximum Gasteiger partial charge on any atom is 0.230 e. The van der Waals surface area contributed by atoms with Crippen molar-refractivity contribution in [3.05, 3.63) is 30.2 Å². The van der Waals surface area contributed by atoms with Gasteiger partial charge < -0.3 is 10.3 Å². The van der Waals surface area contributed by atoms with Crippen molar-refractivity contribution < 1.29 is 4.52 Å². The predicted molar refractivity (Wildman–Crippen MR) is 74.6 cm³/mol. The highest BCUT2D eigenvalue weighted by Crippen LogP contribution is 2.39. The number of rotatable bonds is 2. The molecular formula is C15H19N3O. The lowest BCUT2D eigenvalue weighted by Gasteiger charge is -2.12. The molecule has 4 heteroatoms. The Labute approximate surface area is 113 Å². The summed E-state index contributed by atoms with van der Waals surface area (Å²) in [6.45, 7) is 0. The number of hydrogen-bond acceptors (Lipinski definition) is 4. The topological polar surface area (TPSA) is 64.9 Å². The average molecular weight is 257 g/mol. The summed E-state index contributed by atoms with van der Waals surface area (Å²) < 4.78 is 5.24. The molecule has 0 aliphatic heterocycles.